The van der Waals surface area contributed by atoms with Crippen molar-refractivity contribution in [1.29, 1.82) is 0 Å². The molecule has 5 nitrogen and oxygen atoms in total. The van der Waals surface area contributed by atoms with Gasteiger partial charge in [0.05, 0.1) is 11.9 Å². The van der Waals surface area contributed by atoms with Crippen LogP contribution >= 0.6 is 11.6 Å². The van der Waals surface area contributed by atoms with Gasteiger partial charge in [0.2, 0.25) is 10.0 Å². The van der Waals surface area contributed by atoms with Gasteiger partial charge in [-0.25, -0.2) is 13.1 Å². The first-order chi connectivity index (χ1) is 6.78. The summed E-state index contributed by atoms with van der Waals surface area (Å²) in [6.45, 7) is 5.08. The van der Waals surface area contributed by atoms with Gasteiger partial charge in [0.15, 0.2) is 0 Å². The van der Waals surface area contributed by atoms with Gasteiger partial charge in [-0.05, 0) is 20.8 Å². The molecule has 86 valence electrons. The molecular formula is C8H14ClN3O2S. The van der Waals surface area contributed by atoms with Crippen molar-refractivity contribution in [2.24, 2.45) is 0 Å². The molecule has 0 atom stereocenters. The molecule has 0 fully saturated rings. The topological polar surface area (TPSA) is 74.8 Å². The van der Waals surface area contributed by atoms with Crippen LogP contribution in [0.1, 0.15) is 19.5 Å². The number of halogens is 1. The highest BCUT2D eigenvalue weighted by Gasteiger charge is 2.27. The van der Waals surface area contributed by atoms with Gasteiger partial charge < -0.3 is 0 Å². The van der Waals surface area contributed by atoms with Crippen LogP contribution in [-0.4, -0.2) is 30.0 Å². The standard InChI is InChI=1S/C8H14ClN3O2S/c1-6-7(4-10-11-6)15(13,14)12-8(2,3)5-9/h4,12H,5H2,1-3H3,(H,10,11). The SMILES string of the molecule is Cc1[nH]ncc1S(=O)(=O)NC(C)(C)CCl. The predicted octanol–water partition coefficient (Wildman–Crippen LogP) is 1.01. The minimum absolute atomic E-state index is 0.153. The van der Waals surface area contributed by atoms with Crippen molar-refractivity contribution in [2.45, 2.75) is 31.2 Å². The lowest BCUT2D eigenvalue weighted by Gasteiger charge is -2.22. The quantitative estimate of drug-likeness (QED) is 0.785. The third-order valence-electron chi connectivity index (χ3n) is 1.82. The number of aromatic amines is 1. The highest BCUT2D eigenvalue weighted by molar-refractivity contribution is 7.89. The fourth-order valence-electron chi connectivity index (χ4n) is 1.06. The Kier molecular flexibility index (Phi) is 3.42. The molecule has 0 unspecified atom stereocenters. The minimum Gasteiger partial charge on any atom is -0.281 e. The van der Waals surface area contributed by atoms with Gasteiger partial charge in [0.1, 0.15) is 4.90 Å². The molecule has 2 N–H and O–H groups in total. The van der Waals surface area contributed by atoms with Crippen LogP contribution in [0.5, 0.6) is 0 Å². The van der Waals surface area contributed by atoms with E-state index in [9.17, 15) is 8.42 Å². The summed E-state index contributed by atoms with van der Waals surface area (Å²) in [7, 11) is -3.55. The van der Waals surface area contributed by atoms with Crippen LogP contribution in [0.15, 0.2) is 11.1 Å². The zero-order valence-corrected chi connectivity index (χ0v) is 10.4. The first-order valence-electron chi connectivity index (χ1n) is 4.38. The molecule has 7 heteroatoms. The second-order valence-corrected chi connectivity index (χ2v) is 5.90. The molecule has 0 aliphatic carbocycles. The van der Waals surface area contributed by atoms with E-state index in [0.29, 0.717) is 5.69 Å². The third kappa shape index (κ3) is 2.93. The van der Waals surface area contributed by atoms with Gasteiger partial charge in [-0.1, -0.05) is 0 Å². The maximum Gasteiger partial charge on any atom is 0.244 e. The number of aromatic nitrogens is 2. The number of sulfonamides is 1. The van der Waals surface area contributed by atoms with E-state index in [1.807, 2.05) is 0 Å². The molecule has 15 heavy (non-hydrogen) atoms. The highest BCUT2D eigenvalue weighted by atomic mass is 35.5. The van der Waals surface area contributed by atoms with Crippen LogP contribution < -0.4 is 4.72 Å². The van der Waals surface area contributed by atoms with Crippen molar-refractivity contribution in [2.75, 3.05) is 5.88 Å². The highest BCUT2D eigenvalue weighted by Crippen LogP contribution is 2.15. The lowest BCUT2D eigenvalue weighted by Crippen LogP contribution is -2.44. The van der Waals surface area contributed by atoms with Crippen LogP contribution in [0.25, 0.3) is 0 Å². The Labute approximate surface area is 94.3 Å². The first kappa shape index (κ1) is 12.5. The van der Waals surface area contributed by atoms with Crippen LogP contribution in [0.2, 0.25) is 0 Å². The molecule has 0 aromatic carbocycles. The summed E-state index contributed by atoms with van der Waals surface area (Å²) in [5, 5.41) is 6.24. The lowest BCUT2D eigenvalue weighted by molar-refractivity contribution is 0.495. The zero-order chi connectivity index (χ0) is 11.7. The van der Waals surface area contributed by atoms with Crippen LogP contribution in [0, 0.1) is 6.92 Å². The Bertz CT molecular complexity index is 438. The van der Waals surface area contributed by atoms with Crippen LogP contribution in [-0.2, 0) is 10.0 Å². The smallest absolute Gasteiger partial charge is 0.244 e. The van der Waals surface area contributed by atoms with Gasteiger partial charge in [-0.3, -0.25) is 5.10 Å². The fourth-order valence-corrected chi connectivity index (χ4v) is 2.75. The Hall–Kier alpha value is -0.590. The Morgan fingerprint density at radius 1 is 1.60 bits per heavy atom. The summed E-state index contributed by atoms with van der Waals surface area (Å²) in [6.07, 6.45) is 1.28. The van der Waals surface area contributed by atoms with E-state index in [1.54, 1.807) is 20.8 Å². The van der Waals surface area contributed by atoms with E-state index in [-0.39, 0.29) is 10.8 Å². The predicted molar refractivity (Wildman–Crippen MR) is 58.4 cm³/mol. The second-order valence-electron chi connectivity index (χ2n) is 3.98. The molecule has 0 spiro atoms. The average Bonchev–Trinajstić information content (AvgIpc) is 2.50. The molecule has 1 aromatic heterocycles. The molecule has 1 heterocycles. The number of hydrogen-bond donors (Lipinski definition) is 2. The van der Waals surface area contributed by atoms with Crippen molar-refractivity contribution in [3.8, 4) is 0 Å². The molecule has 0 saturated heterocycles. The van der Waals surface area contributed by atoms with Crippen molar-refractivity contribution >= 4 is 21.6 Å². The molecule has 0 amide bonds. The van der Waals surface area contributed by atoms with Gasteiger partial charge >= 0.3 is 0 Å². The number of alkyl halides is 1. The molecule has 0 aliphatic rings. The number of hydrogen-bond acceptors (Lipinski definition) is 3. The van der Waals surface area contributed by atoms with Gasteiger partial charge in [0.25, 0.3) is 0 Å². The summed E-state index contributed by atoms with van der Waals surface area (Å²) >= 11 is 5.65. The van der Waals surface area contributed by atoms with Gasteiger partial charge in [-0.15, -0.1) is 11.6 Å². The van der Waals surface area contributed by atoms with E-state index >= 15 is 0 Å². The number of nitrogens with one attached hydrogen (secondary N) is 2. The molecule has 0 aliphatic heterocycles. The number of H-pyrrole nitrogens is 1. The van der Waals surface area contributed by atoms with Gasteiger partial charge in [0, 0.05) is 11.4 Å². The van der Waals surface area contributed by atoms with E-state index in [4.69, 9.17) is 11.6 Å². The summed E-state index contributed by atoms with van der Waals surface area (Å²) < 4.78 is 26.2. The van der Waals surface area contributed by atoms with Crippen LogP contribution in [0.3, 0.4) is 0 Å². The summed E-state index contributed by atoms with van der Waals surface area (Å²) in [4.78, 5) is 0.153. The molecule has 0 radical (unpaired) electrons. The van der Waals surface area contributed by atoms with Crippen molar-refractivity contribution < 1.29 is 8.42 Å². The monoisotopic (exact) mass is 251 g/mol. The molecule has 1 rings (SSSR count). The Morgan fingerprint density at radius 2 is 2.20 bits per heavy atom. The van der Waals surface area contributed by atoms with E-state index < -0.39 is 15.6 Å². The van der Waals surface area contributed by atoms with E-state index in [0.717, 1.165) is 0 Å². The van der Waals surface area contributed by atoms with E-state index in [1.165, 1.54) is 6.20 Å². The fraction of sp³-hybridized carbons (Fsp3) is 0.625. The van der Waals surface area contributed by atoms with Crippen LogP contribution in [0.4, 0.5) is 0 Å². The number of nitrogens with zero attached hydrogens (tertiary/aromatic N) is 1. The summed E-state index contributed by atoms with van der Waals surface area (Å²) in [5.41, 5.74) is -0.169. The zero-order valence-electron chi connectivity index (χ0n) is 8.83. The van der Waals surface area contributed by atoms with E-state index in [2.05, 4.69) is 14.9 Å². The normalized spacial score (nSPS) is 13.1. The third-order valence-corrected chi connectivity index (χ3v) is 4.30. The molecule has 0 bridgehead atoms. The lowest BCUT2D eigenvalue weighted by atomic mass is 10.1. The number of aryl methyl sites for hydroxylation is 1. The average molecular weight is 252 g/mol. The molecular weight excluding hydrogens is 238 g/mol. The largest absolute Gasteiger partial charge is 0.281 e. The number of rotatable bonds is 4. The second kappa shape index (κ2) is 4.11. The molecule has 1 aromatic rings. The molecule has 0 saturated carbocycles. The minimum atomic E-state index is -3.55. The summed E-state index contributed by atoms with van der Waals surface area (Å²) in [5.74, 6) is 0.198. The maximum absolute atomic E-state index is 11.9. The maximum atomic E-state index is 11.9. The Morgan fingerprint density at radius 3 is 2.60 bits per heavy atom. The summed E-state index contributed by atoms with van der Waals surface area (Å²) in [6, 6.07) is 0. The van der Waals surface area contributed by atoms with Crippen molar-refractivity contribution in [3.05, 3.63) is 11.9 Å². The van der Waals surface area contributed by atoms with Gasteiger partial charge in [-0.2, -0.15) is 5.10 Å². The van der Waals surface area contributed by atoms with Crippen molar-refractivity contribution in [1.82, 2.24) is 14.9 Å². The van der Waals surface area contributed by atoms with Crippen molar-refractivity contribution in [3.63, 3.8) is 0 Å². The first-order valence-corrected chi connectivity index (χ1v) is 6.40. The Balaban J connectivity index is 3.01.